The van der Waals surface area contributed by atoms with Crippen molar-refractivity contribution < 1.29 is 10.0 Å². The molecule has 2 rings (SSSR count). The number of phenols is 1. The zero-order chi connectivity index (χ0) is 15.6. The predicted octanol–water partition coefficient (Wildman–Crippen LogP) is 2.77. The summed E-state index contributed by atoms with van der Waals surface area (Å²) in [4.78, 5) is 10.9. The van der Waals surface area contributed by atoms with Crippen molar-refractivity contribution in [3.8, 4) is 5.75 Å². The molecule has 112 valence electrons. The topological polar surface area (TPSA) is 93.2 Å². The van der Waals surface area contributed by atoms with Crippen molar-refractivity contribution in [2.45, 2.75) is 26.3 Å². The molecular formula is C14H18N4O3. The fourth-order valence-corrected chi connectivity index (χ4v) is 2.10. The molecule has 2 aromatic rings. The molecule has 1 heterocycles. The Kier molecular flexibility index (Phi) is 4.11. The van der Waals surface area contributed by atoms with E-state index in [1.165, 1.54) is 4.68 Å². The third kappa shape index (κ3) is 3.13. The summed E-state index contributed by atoms with van der Waals surface area (Å²) in [6.07, 6.45) is 0. The Morgan fingerprint density at radius 2 is 2.00 bits per heavy atom. The maximum Gasteiger partial charge on any atom is 0.334 e. The minimum atomic E-state index is -0.401. The number of hydrogen-bond donors (Lipinski definition) is 2. The Labute approximate surface area is 122 Å². The van der Waals surface area contributed by atoms with Crippen molar-refractivity contribution in [3.63, 3.8) is 0 Å². The summed E-state index contributed by atoms with van der Waals surface area (Å²) in [7, 11) is 1.68. The number of nitro groups is 1. The molecule has 0 bridgehead atoms. The molecule has 21 heavy (non-hydrogen) atoms. The van der Waals surface area contributed by atoms with Crippen LogP contribution in [-0.4, -0.2) is 19.8 Å². The molecule has 7 nitrogen and oxygen atoms in total. The van der Waals surface area contributed by atoms with Gasteiger partial charge in [-0.3, -0.25) is 10.1 Å². The van der Waals surface area contributed by atoms with Gasteiger partial charge in [0.2, 0.25) is 5.82 Å². The predicted molar refractivity (Wildman–Crippen MR) is 79.4 cm³/mol. The Morgan fingerprint density at radius 3 is 2.52 bits per heavy atom. The molecule has 1 aromatic heterocycles. The van der Waals surface area contributed by atoms with E-state index in [1.807, 2.05) is 13.8 Å². The number of aromatic hydroxyl groups is 1. The van der Waals surface area contributed by atoms with E-state index in [0.717, 1.165) is 5.56 Å². The zero-order valence-electron chi connectivity index (χ0n) is 12.2. The molecule has 0 saturated carbocycles. The van der Waals surface area contributed by atoms with E-state index in [-0.39, 0.29) is 17.4 Å². The second-order valence-corrected chi connectivity index (χ2v) is 5.14. The number of benzene rings is 1. The quantitative estimate of drug-likeness (QED) is 0.652. The molecule has 0 atom stereocenters. The smallest absolute Gasteiger partial charge is 0.334 e. The number of anilines is 1. The molecule has 7 heteroatoms. The van der Waals surface area contributed by atoms with Crippen molar-refractivity contribution in [1.82, 2.24) is 9.78 Å². The van der Waals surface area contributed by atoms with Gasteiger partial charge in [0, 0.05) is 19.5 Å². The minimum Gasteiger partial charge on any atom is -0.508 e. The average Bonchev–Trinajstić information content (AvgIpc) is 2.75. The highest BCUT2D eigenvalue weighted by Gasteiger charge is 2.28. The molecule has 0 fully saturated rings. The van der Waals surface area contributed by atoms with Crippen LogP contribution >= 0.6 is 0 Å². The van der Waals surface area contributed by atoms with E-state index in [1.54, 1.807) is 31.3 Å². The standard InChI is InChI=1S/C14H18N4O3/c1-9(2)12-13(18(20)21)14(17(3)16-12)15-8-10-4-6-11(19)7-5-10/h4-7,9,15,19H,8H2,1-3H3. The lowest BCUT2D eigenvalue weighted by Gasteiger charge is -2.06. The first-order chi connectivity index (χ1) is 9.90. The molecule has 0 aliphatic carbocycles. The Hall–Kier alpha value is -2.57. The largest absolute Gasteiger partial charge is 0.508 e. The molecular weight excluding hydrogens is 272 g/mol. The summed E-state index contributed by atoms with van der Waals surface area (Å²) in [5, 5.41) is 27.8. The lowest BCUT2D eigenvalue weighted by molar-refractivity contribution is -0.384. The van der Waals surface area contributed by atoms with Crippen molar-refractivity contribution in [2.75, 3.05) is 5.32 Å². The van der Waals surface area contributed by atoms with Crippen LogP contribution in [0.3, 0.4) is 0 Å². The van der Waals surface area contributed by atoms with Gasteiger partial charge in [-0.1, -0.05) is 26.0 Å². The molecule has 0 unspecified atom stereocenters. The van der Waals surface area contributed by atoms with Gasteiger partial charge in [-0.05, 0) is 17.7 Å². The number of hydrogen-bond acceptors (Lipinski definition) is 5. The van der Waals surface area contributed by atoms with E-state index in [9.17, 15) is 15.2 Å². The Balaban J connectivity index is 2.27. The highest BCUT2D eigenvalue weighted by molar-refractivity contribution is 5.60. The fourth-order valence-electron chi connectivity index (χ4n) is 2.10. The number of nitrogens with zero attached hydrogens (tertiary/aromatic N) is 3. The normalized spacial score (nSPS) is 10.9. The van der Waals surface area contributed by atoms with Crippen LogP contribution in [0.25, 0.3) is 0 Å². The third-order valence-electron chi connectivity index (χ3n) is 3.17. The summed E-state index contributed by atoms with van der Waals surface area (Å²) < 4.78 is 1.49. The van der Waals surface area contributed by atoms with Gasteiger partial charge in [0.05, 0.1) is 4.92 Å². The molecule has 1 aromatic carbocycles. The van der Waals surface area contributed by atoms with Crippen molar-refractivity contribution in [3.05, 3.63) is 45.6 Å². The van der Waals surface area contributed by atoms with Crippen LogP contribution < -0.4 is 5.32 Å². The average molecular weight is 290 g/mol. The van der Waals surface area contributed by atoms with Crippen LogP contribution in [0.15, 0.2) is 24.3 Å². The van der Waals surface area contributed by atoms with Crippen molar-refractivity contribution in [1.29, 1.82) is 0 Å². The number of aryl methyl sites for hydroxylation is 1. The number of rotatable bonds is 5. The van der Waals surface area contributed by atoms with Gasteiger partial charge in [0.15, 0.2) is 0 Å². The van der Waals surface area contributed by atoms with Gasteiger partial charge in [-0.2, -0.15) is 5.10 Å². The molecule has 2 N–H and O–H groups in total. The lowest BCUT2D eigenvalue weighted by atomic mass is 10.1. The molecule has 0 amide bonds. The molecule has 0 saturated heterocycles. The first-order valence-electron chi connectivity index (χ1n) is 6.63. The molecule has 0 aliphatic heterocycles. The highest BCUT2D eigenvalue weighted by atomic mass is 16.6. The second kappa shape index (κ2) is 5.82. The Bertz CT molecular complexity index is 647. The van der Waals surface area contributed by atoms with E-state index >= 15 is 0 Å². The number of aromatic nitrogens is 2. The summed E-state index contributed by atoms with van der Waals surface area (Å²) in [6, 6.07) is 6.67. The first-order valence-corrected chi connectivity index (χ1v) is 6.63. The van der Waals surface area contributed by atoms with E-state index in [2.05, 4.69) is 10.4 Å². The van der Waals surface area contributed by atoms with Gasteiger partial charge < -0.3 is 10.4 Å². The highest BCUT2D eigenvalue weighted by Crippen LogP contribution is 2.33. The summed E-state index contributed by atoms with van der Waals surface area (Å²) in [6.45, 7) is 4.16. The van der Waals surface area contributed by atoms with E-state index < -0.39 is 4.92 Å². The van der Waals surface area contributed by atoms with Gasteiger partial charge in [-0.25, -0.2) is 4.68 Å². The van der Waals surface area contributed by atoms with Crippen LogP contribution in [-0.2, 0) is 13.6 Å². The van der Waals surface area contributed by atoms with E-state index in [0.29, 0.717) is 18.1 Å². The monoisotopic (exact) mass is 290 g/mol. The van der Waals surface area contributed by atoms with Gasteiger partial charge >= 0.3 is 5.69 Å². The number of phenolic OH excluding ortho intramolecular Hbond substituents is 1. The van der Waals surface area contributed by atoms with Crippen LogP contribution in [0.2, 0.25) is 0 Å². The summed E-state index contributed by atoms with van der Waals surface area (Å²) in [5.41, 5.74) is 1.40. The van der Waals surface area contributed by atoms with Crippen molar-refractivity contribution >= 4 is 11.5 Å². The second-order valence-electron chi connectivity index (χ2n) is 5.14. The third-order valence-corrected chi connectivity index (χ3v) is 3.17. The zero-order valence-corrected chi connectivity index (χ0v) is 12.2. The molecule has 0 aliphatic rings. The first kappa shape index (κ1) is 14.8. The maximum atomic E-state index is 11.3. The lowest BCUT2D eigenvalue weighted by Crippen LogP contribution is -2.06. The maximum absolute atomic E-state index is 11.3. The van der Waals surface area contributed by atoms with Crippen LogP contribution in [0.5, 0.6) is 5.75 Å². The number of nitrogens with one attached hydrogen (secondary N) is 1. The molecule has 0 spiro atoms. The van der Waals surface area contributed by atoms with E-state index in [4.69, 9.17) is 0 Å². The summed E-state index contributed by atoms with van der Waals surface area (Å²) >= 11 is 0. The van der Waals surface area contributed by atoms with Gasteiger partial charge in [0.25, 0.3) is 0 Å². The fraction of sp³-hybridized carbons (Fsp3) is 0.357. The van der Waals surface area contributed by atoms with Gasteiger partial charge in [0.1, 0.15) is 11.4 Å². The van der Waals surface area contributed by atoms with Gasteiger partial charge in [-0.15, -0.1) is 0 Å². The van der Waals surface area contributed by atoms with Crippen LogP contribution in [0, 0.1) is 10.1 Å². The summed E-state index contributed by atoms with van der Waals surface area (Å²) in [5.74, 6) is 0.546. The van der Waals surface area contributed by atoms with Crippen LogP contribution in [0.1, 0.15) is 31.0 Å². The van der Waals surface area contributed by atoms with Crippen LogP contribution in [0.4, 0.5) is 11.5 Å². The van der Waals surface area contributed by atoms with Crippen molar-refractivity contribution in [2.24, 2.45) is 7.05 Å². The minimum absolute atomic E-state index is 0.0197. The Morgan fingerprint density at radius 1 is 1.38 bits per heavy atom. The molecule has 0 radical (unpaired) electrons. The SMILES string of the molecule is CC(C)c1nn(C)c(NCc2ccc(O)cc2)c1[N+](=O)[O-].